The Bertz CT molecular complexity index is 592. The predicted molar refractivity (Wildman–Crippen MR) is 83.8 cm³/mol. The molecule has 0 amide bonds. The molecule has 0 aliphatic heterocycles. The monoisotopic (exact) mass is 326 g/mol. The molecule has 0 spiro atoms. The minimum absolute atomic E-state index is 0.0454. The zero-order valence-electron chi connectivity index (χ0n) is 10.5. The average Bonchev–Trinajstić information content (AvgIpc) is 2.39. The van der Waals surface area contributed by atoms with E-state index in [0.29, 0.717) is 10.0 Å². The van der Waals surface area contributed by atoms with Crippen LogP contribution in [0.5, 0.6) is 0 Å². The molecular formula is C15H12Cl2O2S. The van der Waals surface area contributed by atoms with Crippen molar-refractivity contribution in [3.63, 3.8) is 0 Å². The van der Waals surface area contributed by atoms with Gasteiger partial charge in [0.2, 0.25) is 0 Å². The fourth-order valence-corrected chi connectivity index (χ4v) is 3.34. The van der Waals surface area contributed by atoms with E-state index in [1.165, 1.54) is 0 Å². The van der Waals surface area contributed by atoms with Gasteiger partial charge in [0.1, 0.15) is 0 Å². The van der Waals surface area contributed by atoms with E-state index in [2.05, 4.69) is 0 Å². The Balaban J connectivity index is 2.02. The third-order valence-corrected chi connectivity index (χ3v) is 4.74. The van der Waals surface area contributed by atoms with Gasteiger partial charge >= 0.3 is 5.97 Å². The molecule has 0 aliphatic rings. The maximum atomic E-state index is 10.6. The van der Waals surface area contributed by atoms with Crippen molar-refractivity contribution in [3.05, 3.63) is 63.6 Å². The van der Waals surface area contributed by atoms with E-state index in [-0.39, 0.29) is 6.42 Å². The number of aliphatic carboxylic acids is 1. The molecule has 2 aromatic carbocycles. The van der Waals surface area contributed by atoms with Gasteiger partial charge in [-0.3, -0.25) is 4.79 Å². The topological polar surface area (TPSA) is 37.3 Å². The second-order valence-electron chi connectivity index (χ2n) is 4.23. The van der Waals surface area contributed by atoms with Gasteiger partial charge in [-0.15, -0.1) is 11.8 Å². The second kappa shape index (κ2) is 7.02. The molecule has 0 atom stereocenters. The molecule has 0 unspecified atom stereocenters. The first kappa shape index (κ1) is 15.2. The quantitative estimate of drug-likeness (QED) is 0.793. The molecule has 104 valence electrons. The molecule has 20 heavy (non-hydrogen) atoms. The van der Waals surface area contributed by atoms with Crippen molar-refractivity contribution in [2.45, 2.75) is 17.1 Å². The summed E-state index contributed by atoms with van der Waals surface area (Å²) >= 11 is 13.8. The third kappa shape index (κ3) is 4.17. The number of hydrogen-bond acceptors (Lipinski definition) is 2. The maximum Gasteiger partial charge on any atom is 0.307 e. The number of hydrogen-bond donors (Lipinski definition) is 1. The number of carboxylic acid groups (broad SMARTS) is 1. The molecule has 0 saturated carbocycles. The van der Waals surface area contributed by atoms with Crippen molar-refractivity contribution in [2.24, 2.45) is 0 Å². The number of halogens is 2. The van der Waals surface area contributed by atoms with Crippen LogP contribution in [-0.4, -0.2) is 11.1 Å². The molecule has 0 aromatic heterocycles. The highest BCUT2D eigenvalue weighted by atomic mass is 35.5. The van der Waals surface area contributed by atoms with Gasteiger partial charge in [0.05, 0.1) is 16.5 Å². The van der Waals surface area contributed by atoms with Crippen LogP contribution < -0.4 is 0 Å². The summed E-state index contributed by atoms with van der Waals surface area (Å²) < 4.78 is 0. The Morgan fingerprint density at radius 3 is 2.10 bits per heavy atom. The smallest absolute Gasteiger partial charge is 0.307 e. The number of rotatable bonds is 5. The molecule has 0 fully saturated rings. The van der Waals surface area contributed by atoms with Crippen molar-refractivity contribution in [1.82, 2.24) is 0 Å². The Morgan fingerprint density at radius 2 is 1.55 bits per heavy atom. The van der Waals surface area contributed by atoms with Crippen LogP contribution in [0.2, 0.25) is 10.0 Å². The highest BCUT2D eigenvalue weighted by Gasteiger charge is 2.06. The van der Waals surface area contributed by atoms with Gasteiger partial charge in [0.25, 0.3) is 0 Å². The molecule has 1 N–H and O–H groups in total. The van der Waals surface area contributed by atoms with Gasteiger partial charge in [-0.1, -0.05) is 53.5 Å². The van der Waals surface area contributed by atoms with Crippen LogP contribution in [0.1, 0.15) is 11.1 Å². The molecule has 0 radical (unpaired) electrons. The lowest BCUT2D eigenvalue weighted by Crippen LogP contribution is -1.99. The molecule has 0 heterocycles. The van der Waals surface area contributed by atoms with Crippen LogP contribution in [0.3, 0.4) is 0 Å². The fourth-order valence-electron chi connectivity index (χ4n) is 1.70. The van der Waals surface area contributed by atoms with Gasteiger partial charge in [-0.25, -0.2) is 0 Å². The normalized spacial score (nSPS) is 10.5. The summed E-state index contributed by atoms with van der Waals surface area (Å²) in [6, 6.07) is 13.0. The van der Waals surface area contributed by atoms with E-state index in [0.717, 1.165) is 21.8 Å². The van der Waals surface area contributed by atoms with Crippen molar-refractivity contribution in [2.75, 3.05) is 0 Å². The van der Waals surface area contributed by atoms with E-state index in [4.69, 9.17) is 28.3 Å². The van der Waals surface area contributed by atoms with Crippen LogP contribution in [0.15, 0.2) is 47.4 Å². The standard InChI is InChI=1S/C15H12Cl2O2S/c16-12-2-1-3-13(17)15(12)20-9-11-6-4-10(5-7-11)8-14(18)19/h1-7H,8-9H2,(H,18,19). The SMILES string of the molecule is O=C(O)Cc1ccc(CSc2c(Cl)cccc2Cl)cc1. The van der Waals surface area contributed by atoms with Crippen molar-refractivity contribution in [1.29, 1.82) is 0 Å². The van der Waals surface area contributed by atoms with Gasteiger partial charge < -0.3 is 5.11 Å². The van der Waals surface area contributed by atoms with E-state index in [9.17, 15) is 4.79 Å². The maximum absolute atomic E-state index is 10.6. The van der Waals surface area contributed by atoms with Crippen LogP contribution in [0.4, 0.5) is 0 Å². The first-order chi connectivity index (χ1) is 9.56. The summed E-state index contributed by atoms with van der Waals surface area (Å²) in [5.41, 5.74) is 1.89. The van der Waals surface area contributed by atoms with Crippen LogP contribution >= 0.6 is 35.0 Å². The van der Waals surface area contributed by atoms with Gasteiger partial charge in [-0.2, -0.15) is 0 Å². The van der Waals surface area contributed by atoms with Crippen molar-refractivity contribution >= 4 is 40.9 Å². The highest BCUT2D eigenvalue weighted by molar-refractivity contribution is 7.98. The molecule has 0 saturated heterocycles. The molecule has 0 aliphatic carbocycles. The van der Waals surface area contributed by atoms with Crippen LogP contribution in [-0.2, 0) is 17.0 Å². The zero-order chi connectivity index (χ0) is 14.5. The van der Waals surface area contributed by atoms with Gasteiger partial charge in [0, 0.05) is 10.6 Å². The van der Waals surface area contributed by atoms with Crippen LogP contribution in [0, 0.1) is 0 Å². The number of carboxylic acids is 1. The first-order valence-corrected chi connectivity index (χ1v) is 7.67. The highest BCUT2D eigenvalue weighted by Crippen LogP contribution is 2.35. The predicted octanol–water partition coefficient (Wildman–Crippen LogP) is 4.91. The molecule has 2 rings (SSSR count). The molecule has 2 aromatic rings. The van der Waals surface area contributed by atoms with Crippen molar-refractivity contribution in [3.8, 4) is 0 Å². The summed E-state index contributed by atoms with van der Waals surface area (Å²) in [6.07, 6.45) is 0.0454. The second-order valence-corrected chi connectivity index (χ2v) is 6.03. The summed E-state index contributed by atoms with van der Waals surface area (Å²) in [5, 5.41) is 10.0. The van der Waals surface area contributed by atoms with E-state index in [1.54, 1.807) is 11.8 Å². The van der Waals surface area contributed by atoms with E-state index < -0.39 is 5.97 Å². The Labute approximate surface area is 131 Å². The number of carbonyl (C=O) groups is 1. The minimum Gasteiger partial charge on any atom is -0.481 e. The largest absolute Gasteiger partial charge is 0.481 e. The summed E-state index contributed by atoms with van der Waals surface area (Å²) in [7, 11) is 0. The lowest BCUT2D eigenvalue weighted by molar-refractivity contribution is -0.136. The molecular weight excluding hydrogens is 315 g/mol. The Kier molecular flexibility index (Phi) is 5.35. The Hall–Kier alpha value is -1.16. The Morgan fingerprint density at radius 1 is 1.00 bits per heavy atom. The number of benzene rings is 2. The lowest BCUT2D eigenvalue weighted by Gasteiger charge is -2.07. The molecule has 2 nitrogen and oxygen atoms in total. The van der Waals surface area contributed by atoms with Crippen molar-refractivity contribution < 1.29 is 9.90 Å². The van der Waals surface area contributed by atoms with Gasteiger partial charge in [-0.05, 0) is 23.3 Å². The lowest BCUT2D eigenvalue weighted by atomic mass is 10.1. The fraction of sp³-hybridized carbons (Fsp3) is 0.133. The summed E-state index contributed by atoms with van der Waals surface area (Å²) in [5.74, 6) is -0.0912. The summed E-state index contributed by atoms with van der Waals surface area (Å²) in [4.78, 5) is 11.5. The van der Waals surface area contributed by atoms with Crippen LogP contribution in [0.25, 0.3) is 0 Å². The van der Waals surface area contributed by atoms with E-state index in [1.807, 2.05) is 42.5 Å². The third-order valence-electron chi connectivity index (χ3n) is 2.68. The minimum atomic E-state index is -0.824. The van der Waals surface area contributed by atoms with Gasteiger partial charge in [0.15, 0.2) is 0 Å². The summed E-state index contributed by atoms with van der Waals surface area (Å²) in [6.45, 7) is 0. The van der Waals surface area contributed by atoms with E-state index >= 15 is 0 Å². The first-order valence-electron chi connectivity index (χ1n) is 5.92. The molecule has 5 heteroatoms. The molecule has 0 bridgehead atoms. The number of thioether (sulfide) groups is 1. The zero-order valence-corrected chi connectivity index (χ0v) is 12.8. The average molecular weight is 327 g/mol.